The standard InChI is InChI=1S/C12H15N5S/c1-7-8(2)16-12(17-9(7)3)18-11-14-5-10(4-13)6-15-11/h5-6H,4,13H2,1-3H3. The van der Waals surface area contributed by atoms with E-state index in [2.05, 4.69) is 19.9 Å². The third-order valence-corrected chi connectivity index (χ3v) is 3.47. The van der Waals surface area contributed by atoms with Gasteiger partial charge in [0.25, 0.3) is 0 Å². The highest BCUT2D eigenvalue weighted by molar-refractivity contribution is 7.99. The SMILES string of the molecule is Cc1nc(Sc2ncc(CN)cn2)nc(C)c1C. The highest BCUT2D eigenvalue weighted by Crippen LogP contribution is 2.22. The monoisotopic (exact) mass is 261 g/mol. The lowest BCUT2D eigenvalue weighted by molar-refractivity contribution is 0.863. The van der Waals surface area contributed by atoms with Crippen molar-refractivity contribution in [3.8, 4) is 0 Å². The molecule has 0 unspecified atom stereocenters. The fourth-order valence-electron chi connectivity index (χ4n) is 1.37. The Morgan fingerprint density at radius 1 is 1.00 bits per heavy atom. The van der Waals surface area contributed by atoms with Gasteiger partial charge in [-0.25, -0.2) is 19.9 Å². The van der Waals surface area contributed by atoms with E-state index >= 15 is 0 Å². The van der Waals surface area contributed by atoms with Gasteiger partial charge >= 0.3 is 0 Å². The molecule has 0 aliphatic rings. The summed E-state index contributed by atoms with van der Waals surface area (Å²) >= 11 is 1.36. The zero-order valence-electron chi connectivity index (χ0n) is 10.6. The smallest absolute Gasteiger partial charge is 0.195 e. The van der Waals surface area contributed by atoms with Crippen LogP contribution in [-0.2, 0) is 6.54 Å². The second kappa shape index (κ2) is 5.41. The minimum atomic E-state index is 0.449. The van der Waals surface area contributed by atoms with E-state index < -0.39 is 0 Å². The number of nitrogens with two attached hydrogens (primary N) is 1. The van der Waals surface area contributed by atoms with E-state index in [0.29, 0.717) is 16.9 Å². The van der Waals surface area contributed by atoms with Crippen molar-refractivity contribution in [3.63, 3.8) is 0 Å². The molecular formula is C12H15N5S. The minimum Gasteiger partial charge on any atom is -0.326 e. The van der Waals surface area contributed by atoms with E-state index in [1.165, 1.54) is 11.8 Å². The van der Waals surface area contributed by atoms with E-state index in [1.54, 1.807) is 12.4 Å². The van der Waals surface area contributed by atoms with Crippen LogP contribution in [0.3, 0.4) is 0 Å². The molecule has 0 aliphatic carbocycles. The molecule has 0 fully saturated rings. The summed E-state index contributed by atoms with van der Waals surface area (Å²) < 4.78 is 0. The third kappa shape index (κ3) is 2.83. The molecule has 0 amide bonds. The van der Waals surface area contributed by atoms with Crippen LogP contribution in [0.2, 0.25) is 0 Å². The molecule has 0 spiro atoms. The lowest BCUT2D eigenvalue weighted by Crippen LogP contribution is -2.00. The Kier molecular flexibility index (Phi) is 3.88. The van der Waals surface area contributed by atoms with Crippen LogP contribution >= 0.6 is 11.8 Å². The van der Waals surface area contributed by atoms with Crippen molar-refractivity contribution >= 4 is 11.8 Å². The zero-order chi connectivity index (χ0) is 13.1. The topological polar surface area (TPSA) is 77.6 Å². The van der Waals surface area contributed by atoms with Crippen LogP contribution in [0.15, 0.2) is 22.7 Å². The highest BCUT2D eigenvalue weighted by Gasteiger charge is 2.07. The van der Waals surface area contributed by atoms with Gasteiger partial charge in [-0.05, 0) is 38.1 Å². The molecule has 0 bridgehead atoms. The number of aromatic nitrogens is 4. The van der Waals surface area contributed by atoms with E-state index in [4.69, 9.17) is 5.73 Å². The highest BCUT2D eigenvalue weighted by atomic mass is 32.2. The molecule has 0 radical (unpaired) electrons. The summed E-state index contributed by atoms with van der Waals surface area (Å²) in [7, 11) is 0. The van der Waals surface area contributed by atoms with Gasteiger partial charge in [-0.2, -0.15) is 0 Å². The van der Waals surface area contributed by atoms with Gasteiger partial charge in [0.05, 0.1) is 0 Å². The summed E-state index contributed by atoms with van der Waals surface area (Å²) in [5.74, 6) is 0. The van der Waals surface area contributed by atoms with Gasteiger partial charge < -0.3 is 5.73 Å². The third-order valence-electron chi connectivity index (χ3n) is 2.71. The Morgan fingerprint density at radius 3 is 2.06 bits per heavy atom. The summed E-state index contributed by atoms with van der Waals surface area (Å²) in [5, 5.41) is 1.31. The van der Waals surface area contributed by atoms with E-state index in [0.717, 1.165) is 22.5 Å². The van der Waals surface area contributed by atoms with Gasteiger partial charge in [-0.15, -0.1) is 0 Å². The molecule has 0 aromatic carbocycles. The quantitative estimate of drug-likeness (QED) is 0.849. The fourth-order valence-corrected chi connectivity index (χ4v) is 2.11. The molecule has 2 aromatic heterocycles. The molecular weight excluding hydrogens is 246 g/mol. The molecule has 0 aliphatic heterocycles. The number of rotatable bonds is 3. The molecule has 18 heavy (non-hydrogen) atoms. The van der Waals surface area contributed by atoms with Gasteiger partial charge in [-0.1, -0.05) is 0 Å². The van der Waals surface area contributed by atoms with Crippen LogP contribution < -0.4 is 5.73 Å². The summed E-state index contributed by atoms with van der Waals surface area (Å²) in [6.07, 6.45) is 3.45. The van der Waals surface area contributed by atoms with Crippen LogP contribution in [0, 0.1) is 20.8 Å². The maximum Gasteiger partial charge on any atom is 0.195 e. The number of nitrogens with zero attached hydrogens (tertiary/aromatic N) is 4. The molecule has 2 N–H and O–H groups in total. The van der Waals surface area contributed by atoms with Crippen LogP contribution in [-0.4, -0.2) is 19.9 Å². The lowest BCUT2D eigenvalue weighted by atomic mass is 10.2. The van der Waals surface area contributed by atoms with Crippen LogP contribution in [0.5, 0.6) is 0 Å². The van der Waals surface area contributed by atoms with Crippen molar-refractivity contribution in [2.24, 2.45) is 5.73 Å². The van der Waals surface area contributed by atoms with Gasteiger partial charge in [0, 0.05) is 35.9 Å². The van der Waals surface area contributed by atoms with Crippen LogP contribution in [0.25, 0.3) is 0 Å². The average Bonchev–Trinajstić information content (AvgIpc) is 2.37. The summed E-state index contributed by atoms with van der Waals surface area (Å²) in [6, 6.07) is 0. The number of hydrogen-bond donors (Lipinski definition) is 1. The molecule has 94 valence electrons. The predicted molar refractivity (Wildman–Crippen MR) is 70.3 cm³/mol. The summed E-state index contributed by atoms with van der Waals surface area (Å²) in [4.78, 5) is 17.3. The van der Waals surface area contributed by atoms with Crippen molar-refractivity contribution in [2.75, 3.05) is 0 Å². The Hall–Kier alpha value is -1.53. The average molecular weight is 261 g/mol. The Morgan fingerprint density at radius 2 is 1.56 bits per heavy atom. The molecule has 0 atom stereocenters. The fraction of sp³-hybridized carbons (Fsp3) is 0.333. The first-order chi connectivity index (χ1) is 8.60. The first kappa shape index (κ1) is 12.9. The molecule has 6 heteroatoms. The van der Waals surface area contributed by atoms with E-state index in [1.807, 2.05) is 20.8 Å². The van der Waals surface area contributed by atoms with Crippen LogP contribution in [0.4, 0.5) is 0 Å². The van der Waals surface area contributed by atoms with Crippen molar-refractivity contribution in [3.05, 3.63) is 34.9 Å². The number of aryl methyl sites for hydroxylation is 2. The second-order valence-corrected chi connectivity index (χ2v) is 4.92. The molecule has 2 rings (SSSR count). The van der Waals surface area contributed by atoms with Gasteiger partial charge in [0.15, 0.2) is 10.3 Å². The molecule has 0 saturated heterocycles. The normalized spacial score (nSPS) is 10.7. The van der Waals surface area contributed by atoms with Gasteiger partial charge in [0.2, 0.25) is 0 Å². The Labute approximate surface area is 110 Å². The van der Waals surface area contributed by atoms with E-state index in [9.17, 15) is 0 Å². The maximum absolute atomic E-state index is 5.50. The minimum absolute atomic E-state index is 0.449. The number of hydrogen-bond acceptors (Lipinski definition) is 6. The summed E-state index contributed by atoms with van der Waals surface area (Å²) in [5.41, 5.74) is 9.51. The molecule has 5 nitrogen and oxygen atoms in total. The van der Waals surface area contributed by atoms with Crippen molar-refractivity contribution in [1.29, 1.82) is 0 Å². The van der Waals surface area contributed by atoms with Crippen molar-refractivity contribution in [1.82, 2.24) is 19.9 Å². The van der Waals surface area contributed by atoms with Crippen LogP contribution in [0.1, 0.15) is 22.5 Å². The first-order valence-electron chi connectivity index (χ1n) is 5.61. The Bertz CT molecular complexity index is 530. The summed E-state index contributed by atoms with van der Waals surface area (Å²) in [6.45, 7) is 6.43. The zero-order valence-corrected chi connectivity index (χ0v) is 11.5. The molecule has 2 aromatic rings. The predicted octanol–water partition coefficient (Wildman–Crippen LogP) is 1.80. The molecule has 0 saturated carbocycles. The van der Waals surface area contributed by atoms with Gasteiger partial charge in [0.1, 0.15) is 0 Å². The second-order valence-electron chi connectivity index (χ2n) is 3.98. The molecule has 2 heterocycles. The largest absolute Gasteiger partial charge is 0.326 e. The lowest BCUT2D eigenvalue weighted by Gasteiger charge is -2.05. The first-order valence-corrected chi connectivity index (χ1v) is 6.42. The van der Waals surface area contributed by atoms with Crippen molar-refractivity contribution in [2.45, 2.75) is 37.6 Å². The Balaban J connectivity index is 2.23. The maximum atomic E-state index is 5.50. The van der Waals surface area contributed by atoms with Crippen molar-refractivity contribution < 1.29 is 0 Å². The van der Waals surface area contributed by atoms with Gasteiger partial charge in [-0.3, -0.25) is 0 Å². The van der Waals surface area contributed by atoms with E-state index in [-0.39, 0.29) is 0 Å².